The van der Waals surface area contributed by atoms with Crippen molar-refractivity contribution in [1.29, 1.82) is 10.5 Å². The number of rotatable bonds is 1. The summed E-state index contributed by atoms with van der Waals surface area (Å²) in [5, 5.41) is 28.1. The Morgan fingerprint density at radius 2 is 1.03 bits per heavy atom. The Labute approximate surface area is 195 Å². The zero-order chi connectivity index (χ0) is 23.4. The van der Waals surface area contributed by atoms with E-state index in [1.165, 1.54) is 11.1 Å². The molecule has 0 amide bonds. The van der Waals surface area contributed by atoms with Crippen LogP contribution in [0.5, 0.6) is 0 Å². The van der Waals surface area contributed by atoms with E-state index in [-0.39, 0.29) is 0 Å². The molecule has 0 saturated carbocycles. The van der Waals surface area contributed by atoms with Gasteiger partial charge in [-0.2, -0.15) is 20.5 Å². The first-order valence-corrected chi connectivity index (χ1v) is 11.0. The van der Waals surface area contributed by atoms with E-state index in [1.807, 2.05) is 36.7 Å². The van der Waals surface area contributed by atoms with Crippen LogP contribution >= 0.6 is 0 Å². The van der Waals surface area contributed by atoms with Gasteiger partial charge in [0.2, 0.25) is 12.4 Å². The second-order valence-corrected chi connectivity index (χ2v) is 8.75. The number of fused-ring (bicyclic) bond motifs is 6. The Morgan fingerprint density at radius 1 is 0.500 bits per heavy atom. The molecular formula is C30H18N4. The standard InChI is InChI=1S/C30H18N4/c1-17-9-18(2)11-20(10-17)19-7-8-22-25-14-27-24(13-28(25)30(34-16-32)26(22)12-19)21-5-3-4-6-23(21)29(27)33-15-31/h3-14H,1-2H3/b33-29+,34-30+. The summed E-state index contributed by atoms with van der Waals surface area (Å²) in [4.78, 5) is 8.41. The Kier molecular flexibility index (Phi) is 4.30. The van der Waals surface area contributed by atoms with Crippen molar-refractivity contribution < 1.29 is 0 Å². The van der Waals surface area contributed by atoms with Gasteiger partial charge in [0.15, 0.2) is 0 Å². The third-order valence-electron chi connectivity index (χ3n) is 6.58. The zero-order valence-corrected chi connectivity index (χ0v) is 18.7. The summed E-state index contributed by atoms with van der Waals surface area (Å²) in [6, 6.07) is 25.0. The number of nitriles is 2. The van der Waals surface area contributed by atoms with Crippen molar-refractivity contribution in [3.8, 4) is 23.5 Å². The number of hydrogen-bond acceptors (Lipinski definition) is 4. The van der Waals surface area contributed by atoms with E-state index in [4.69, 9.17) is 0 Å². The van der Waals surface area contributed by atoms with E-state index in [2.05, 4.69) is 72.4 Å². The summed E-state index contributed by atoms with van der Waals surface area (Å²) < 4.78 is 0. The summed E-state index contributed by atoms with van der Waals surface area (Å²) in [7, 11) is 0. The molecule has 0 unspecified atom stereocenters. The predicted molar refractivity (Wildman–Crippen MR) is 136 cm³/mol. The van der Waals surface area contributed by atoms with Gasteiger partial charge >= 0.3 is 0 Å². The van der Waals surface area contributed by atoms with E-state index in [0.717, 1.165) is 54.2 Å². The van der Waals surface area contributed by atoms with E-state index < -0.39 is 0 Å². The minimum atomic E-state index is 0.685. The SMILES string of the molecule is Cc1cc(C)cc(-c2ccc3c(c2)/c(=N\C#N)c2cc4c(cc23)/c(=N/C#N)c2ccccc24)c1. The Hall–Kier alpha value is -4.80. The molecule has 0 aliphatic rings. The highest BCUT2D eigenvalue weighted by Gasteiger charge is 2.15. The Balaban J connectivity index is 1.77. The van der Waals surface area contributed by atoms with Crippen LogP contribution in [0.2, 0.25) is 0 Å². The maximum Gasteiger partial charge on any atom is 0.206 e. The molecular weight excluding hydrogens is 416 g/mol. The molecule has 0 aliphatic carbocycles. The molecule has 6 rings (SSSR count). The van der Waals surface area contributed by atoms with Crippen LogP contribution in [0.15, 0.2) is 82.8 Å². The minimum absolute atomic E-state index is 0.685. The normalized spacial score (nSPS) is 12.7. The summed E-state index contributed by atoms with van der Waals surface area (Å²) >= 11 is 0. The van der Waals surface area contributed by atoms with Crippen LogP contribution < -0.4 is 10.7 Å². The van der Waals surface area contributed by atoms with Crippen LogP contribution in [-0.2, 0) is 0 Å². The van der Waals surface area contributed by atoms with E-state index >= 15 is 0 Å². The predicted octanol–water partition coefficient (Wildman–Crippen LogP) is 6.22. The van der Waals surface area contributed by atoms with Crippen LogP contribution in [0.4, 0.5) is 0 Å². The molecule has 0 radical (unpaired) electrons. The lowest BCUT2D eigenvalue weighted by Gasteiger charge is -2.06. The van der Waals surface area contributed by atoms with Crippen molar-refractivity contribution in [3.63, 3.8) is 0 Å². The summed E-state index contributed by atoms with van der Waals surface area (Å²) in [5.74, 6) is 0. The second-order valence-electron chi connectivity index (χ2n) is 8.75. The molecule has 34 heavy (non-hydrogen) atoms. The van der Waals surface area contributed by atoms with Gasteiger partial charge in [-0.25, -0.2) is 0 Å². The topological polar surface area (TPSA) is 72.3 Å². The van der Waals surface area contributed by atoms with Gasteiger partial charge in [0, 0.05) is 21.5 Å². The molecule has 6 aromatic rings. The monoisotopic (exact) mass is 434 g/mol. The number of benzene rings is 4. The van der Waals surface area contributed by atoms with Gasteiger partial charge in [0.25, 0.3) is 0 Å². The zero-order valence-electron chi connectivity index (χ0n) is 18.7. The average molecular weight is 435 g/mol. The third kappa shape index (κ3) is 2.83. The molecule has 0 fully saturated rings. The van der Waals surface area contributed by atoms with Crippen molar-refractivity contribution in [2.75, 3.05) is 0 Å². The maximum atomic E-state index is 9.51. The van der Waals surface area contributed by atoms with Crippen LogP contribution in [-0.4, -0.2) is 0 Å². The second kappa shape index (κ2) is 7.37. The fraction of sp³-hybridized carbons (Fsp3) is 0.0667. The summed E-state index contributed by atoms with van der Waals surface area (Å²) in [6.07, 6.45) is 3.97. The van der Waals surface area contributed by atoms with Gasteiger partial charge in [-0.15, -0.1) is 0 Å². The first-order valence-electron chi connectivity index (χ1n) is 11.0. The first kappa shape index (κ1) is 19.9. The molecule has 0 atom stereocenters. The van der Waals surface area contributed by atoms with Crippen LogP contribution in [0, 0.1) is 36.8 Å². The molecule has 0 N–H and O–H groups in total. The van der Waals surface area contributed by atoms with Crippen molar-refractivity contribution in [2.45, 2.75) is 13.8 Å². The van der Waals surface area contributed by atoms with Gasteiger partial charge in [-0.3, -0.25) is 0 Å². The average Bonchev–Trinajstić information content (AvgIpc) is 3.30. The van der Waals surface area contributed by atoms with Crippen LogP contribution in [0.3, 0.4) is 0 Å². The fourth-order valence-corrected chi connectivity index (χ4v) is 5.29. The van der Waals surface area contributed by atoms with Crippen molar-refractivity contribution >= 4 is 43.1 Å². The lowest BCUT2D eigenvalue weighted by molar-refractivity contribution is 1.37. The van der Waals surface area contributed by atoms with Gasteiger partial charge in [-0.05, 0) is 64.7 Å². The van der Waals surface area contributed by atoms with Crippen molar-refractivity contribution in [3.05, 3.63) is 94.6 Å². The third-order valence-corrected chi connectivity index (χ3v) is 6.58. The first-order chi connectivity index (χ1) is 16.6. The molecule has 6 aromatic carbocycles. The van der Waals surface area contributed by atoms with Gasteiger partial charge in [0.1, 0.15) is 0 Å². The highest BCUT2D eigenvalue weighted by Crippen LogP contribution is 2.34. The van der Waals surface area contributed by atoms with Gasteiger partial charge in [-0.1, -0.05) is 65.7 Å². The highest BCUT2D eigenvalue weighted by molar-refractivity contribution is 6.21. The molecule has 0 bridgehead atoms. The van der Waals surface area contributed by atoms with Gasteiger partial charge in [0.05, 0.1) is 10.7 Å². The smallest absolute Gasteiger partial charge is 0.172 e. The van der Waals surface area contributed by atoms with Crippen molar-refractivity contribution in [1.82, 2.24) is 0 Å². The minimum Gasteiger partial charge on any atom is -0.172 e. The quantitative estimate of drug-likeness (QED) is 0.288. The molecule has 0 aromatic heterocycles. The van der Waals surface area contributed by atoms with E-state index in [1.54, 1.807) is 0 Å². The molecule has 0 aliphatic heterocycles. The molecule has 0 saturated heterocycles. The lowest BCUT2D eigenvalue weighted by Crippen LogP contribution is -1.99. The van der Waals surface area contributed by atoms with Crippen LogP contribution in [0.25, 0.3) is 54.2 Å². The Morgan fingerprint density at radius 3 is 1.65 bits per heavy atom. The fourth-order valence-electron chi connectivity index (χ4n) is 5.29. The summed E-state index contributed by atoms with van der Waals surface area (Å²) in [5.41, 5.74) is 4.66. The molecule has 4 heteroatoms. The highest BCUT2D eigenvalue weighted by atomic mass is 14.7. The number of hydrogen-bond donors (Lipinski definition) is 0. The largest absolute Gasteiger partial charge is 0.206 e. The van der Waals surface area contributed by atoms with Crippen LogP contribution in [0.1, 0.15) is 11.1 Å². The van der Waals surface area contributed by atoms with Gasteiger partial charge < -0.3 is 0 Å². The van der Waals surface area contributed by atoms with E-state index in [9.17, 15) is 10.5 Å². The Bertz CT molecular complexity index is 1980. The lowest BCUT2D eigenvalue weighted by atomic mass is 9.99. The van der Waals surface area contributed by atoms with Crippen molar-refractivity contribution in [2.24, 2.45) is 9.98 Å². The van der Waals surface area contributed by atoms with E-state index in [0.29, 0.717) is 10.7 Å². The maximum absolute atomic E-state index is 9.51. The summed E-state index contributed by atoms with van der Waals surface area (Å²) in [6.45, 7) is 4.20. The molecule has 158 valence electrons. The molecule has 0 spiro atoms. The number of aryl methyl sites for hydroxylation is 2. The number of nitrogens with zero attached hydrogens (tertiary/aromatic N) is 4. The molecule has 0 heterocycles. The molecule has 4 nitrogen and oxygen atoms in total.